The van der Waals surface area contributed by atoms with E-state index in [9.17, 15) is 4.79 Å². The topological polar surface area (TPSA) is 48.0 Å². The van der Waals surface area contributed by atoms with Gasteiger partial charge in [0.15, 0.2) is 11.5 Å². The SMILES string of the molecule is COc1ccc([C@@]23CCC(OC(=O)CC(C)C)=C[C@@H]2N(C)CC3)cc1OC. The first kappa shape index (κ1) is 19.7. The predicted molar refractivity (Wildman–Crippen MR) is 105 cm³/mol. The molecule has 5 nitrogen and oxygen atoms in total. The second-order valence-corrected chi connectivity index (χ2v) is 8.11. The minimum absolute atomic E-state index is 0.0161. The number of allylic oxidation sites excluding steroid dienone is 1. The third-order valence-electron chi connectivity index (χ3n) is 5.89. The lowest BCUT2D eigenvalue weighted by molar-refractivity contribution is -0.140. The number of ether oxygens (including phenoxy) is 3. The zero-order valence-electron chi connectivity index (χ0n) is 17.1. The molecule has 0 amide bonds. The van der Waals surface area contributed by atoms with Crippen LogP contribution in [0.25, 0.3) is 0 Å². The van der Waals surface area contributed by atoms with Gasteiger partial charge in [-0.1, -0.05) is 19.9 Å². The maximum absolute atomic E-state index is 12.1. The highest BCUT2D eigenvalue weighted by atomic mass is 16.5. The summed E-state index contributed by atoms with van der Waals surface area (Å²) >= 11 is 0. The Balaban J connectivity index is 1.89. The fourth-order valence-corrected chi connectivity index (χ4v) is 4.46. The molecular formula is C22H31NO4. The van der Waals surface area contributed by atoms with E-state index in [0.717, 1.165) is 43.1 Å². The minimum atomic E-state index is -0.129. The van der Waals surface area contributed by atoms with Gasteiger partial charge < -0.3 is 14.2 Å². The van der Waals surface area contributed by atoms with Crippen molar-refractivity contribution in [1.29, 1.82) is 0 Å². The highest BCUT2D eigenvalue weighted by molar-refractivity contribution is 5.70. The molecule has 0 unspecified atom stereocenters. The Morgan fingerprint density at radius 1 is 1.22 bits per heavy atom. The molecule has 1 fully saturated rings. The zero-order valence-corrected chi connectivity index (χ0v) is 17.1. The van der Waals surface area contributed by atoms with Crippen LogP contribution >= 0.6 is 0 Å². The number of methoxy groups -OCH3 is 2. The van der Waals surface area contributed by atoms with Gasteiger partial charge in [0.25, 0.3) is 0 Å². The van der Waals surface area contributed by atoms with Crippen LogP contribution in [-0.4, -0.2) is 44.7 Å². The van der Waals surface area contributed by atoms with Crippen LogP contribution in [-0.2, 0) is 14.9 Å². The van der Waals surface area contributed by atoms with Crippen LogP contribution < -0.4 is 9.47 Å². The lowest BCUT2D eigenvalue weighted by Gasteiger charge is -2.40. The van der Waals surface area contributed by atoms with Gasteiger partial charge in [0.1, 0.15) is 5.76 Å². The van der Waals surface area contributed by atoms with Crippen molar-refractivity contribution in [2.45, 2.75) is 51.0 Å². The molecule has 1 aliphatic carbocycles. The molecule has 0 N–H and O–H groups in total. The Bertz CT molecular complexity index is 727. The van der Waals surface area contributed by atoms with Crippen LogP contribution in [0.2, 0.25) is 0 Å². The van der Waals surface area contributed by atoms with Crippen molar-refractivity contribution in [3.05, 3.63) is 35.6 Å². The number of hydrogen-bond donors (Lipinski definition) is 0. The Morgan fingerprint density at radius 3 is 2.63 bits per heavy atom. The van der Waals surface area contributed by atoms with Crippen LogP contribution in [0.5, 0.6) is 11.5 Å². The normalized spacial score (nSPS) is 25.1. The molecule has 3 rings (SSSR count). The monoisotopic (exact) mass is 373 g/mol. The van der Waals surface area contributed by atoms with Gasteiger partial charge in [-0.25, -0.2) is 0 Å². The molecule has 1 aromatic carbocycles. The van der Waals surface area contributed by atoms with Crippen LogP contribution in [0, 0.1) is 5.92 Å². The van der Waals surface area contributed by atoms with Gasteiger partial charge in [-0.05, 0) is 56.1 Å². The van der Waals surface area contributed by atoms with Gasteiger partial charge in [-0.15, -0.1) is 0 Å². The van der Waals surface area contributed by atoms with E-state index in [1.807, 2.05) is 19.9 Å². The van der Waals surface area contributed by atoms with Crippen LogP contribution in [0.1, 0.15) is 45.1 Å². The van der Waals surface area contributed by atoms with Crippen LogP contribution in [0.4, 0.5) is 0 Å². The first-order chi connectivity index (χ1) is 12.9. The van der Waals surface area contributed by atoms with E-state index < -0.39 is 0 Å². The molecule has 0 bridgehead atoms. The van der Waals surface area contributed by atoms with E-state index in [1.165, 1.54) is 5.56 Å². The molecule has 148 valence electrons. The number of rotatable bonds is 6. The second kappa shape index (κ2) is 7.93. The first-order valence-electron chi connectivity index (χ1n) is 9.73. The fourth-order valence-electron chi connectivity index (χ4n) is 4.46. The molecule has 27 heavy (non-hydrogen) atoms. The average Bonchev–Trinajstić information content (AvgIpc) is 2.98. The Labute approximate surface area is 162 Å². The lowest BCUT2D eigenvalue weighted by atomic mass is 9.68. The van der Waals surface area contributed by atoms with E-state index in [1.54, 1.807) is 14.2 Å². The molecule has 5 heteroatoms. The van der Waals surface area contributed by atoms with Gasteiger partial charge >= 0.3 is 5.97 Å². The number of esters is 1. The molecule has 1 saturated heterocycles. The number of carbonyl (C=O) groups excluding carboxylic acids is 1. The lowest BCUT2D eigenvalue weighted by Crippen LogP contribution is -2.42. The number of likely N-dealkylation sites (N-methyl/N-ethyl adjacent to an activating group) is 1. The van der Waals surface area contributed by atoms with Crippen LogP contribution in [0.15, 0.2) is 30.0 Å². The number of nitrogens with zero attached hydrogens (tertiary/aromatic N) is 1. The largest absolute Gasteiger partial charge is 0.493 e. The molecule has 0 aromatic heterocycles. The van der Waals surface area contributed by atoms with Gasteiger partial charge in [-0.2, -0.15) is 0 Å². The van der Waals surface area contributed by atoms with Crippen molar-refractivity contribution in [1.82, 2.24) is 4.90 Å². The summed E-state index contributed by atoms with van der Waals surface area (Å²) in [5.41, 5.74) is 1.28. The summed E-state index contributed by atoms with van der Waals surface area (Å²) in [6.45, 7) is 5.08. The quantitative estimate of drug-likeness (QED) is 0.708. The molecule has 1 aromatic rings. The Kier molecular flexibility index (Phi) is 5.80. The molecule has 1 aliphatic heterocycles. The van der Waals surface area contributed by atoms with Gasteiger partial charge in [0, 0.05) is 24.3 Å². The highest BCUT2D eigenvalue weighted by Gasteiger charge is 2.48. The predicted octanol–water partition coefficient (Wildman–Crippen LogP) is 3.91. The highest BCUT2D eigenvalue weighted by Crippen LogP contribution is 2.49. The summed E-state index contributed by atoms with van der Waals surface area (Å²) in [4.78, 5) is 14.4. The number of carbonyl (C=O) groups is 1. The molecule has 2 atom stereocenters. The van der Waals surface area contributed by atoms with E-state index in [-0.39, 0.29) is 17.4 Å². The summed E-state index contributed by atoms with van der Waals surface area (Å²) in [5.74, 6) is 2.50. The third-order valence-corrected chi connectivity index (χ3v) is 5.89. The van der Waals surface area contributed by atoms with Crippen LogP contribution in [0.3, 0.4) is 0 Å². The van der Waals surface area contributed by atoms with Crippen molar-refractivity contribution in [3.63, 3.8) is 0 Å². The summed E-state index contributed by atoms with van der Waals surface area (Å²) < 4.78 is 16.6. The van der Waals surface area contributed by atoms with Crippen molar-refractivity contribution in [2.24, 2.45) is 5.92 Å². The maximum atomic E-state index is 12.1. The van der Waals surface area contributed by atoms with Crippen molar-refractivity contribution >= 4 is 5.97 Å². The summed E-state index contributed by atoms with van der Waals surface area (Å²) in [7, 11) is 5.47. The van der Waals surface area contributed by atoms with E-state index >= 15 is 0 Å². The molecule has 1 heterocycles. The van der Waals surface area contributed by atoms with Crippen molar-refractivity contribution in [3.8, 4) is 11.5 Å². The first-order valence-corrected chi connectivity index (χ1v) is 9.73. The zero-order chi connectivity index (χ0) is 19.6. The third kappa shape index (κ3) is 3.84. The van der Waals surface area contributed by atoms with Gasteiger partial charge in [-0.3, -0.25) is 9.69 Å². The fraction of sp³-hybridized carbons (Fsp3) is 0.591. The summed E-state index contributed by atoms with van der Waals surface area (Å²) in [6.07, 6.45) is 5.43. The smallest absolute Gasteiger partial charge is 0.311 e. The van der Waals surface area contributed by atoms with Crippen molar-refractivity contribution < 1.29 is 19.0 Å². The summed E-state index contributed by atoms with van der Waals surface area (Å²) in [6, 6.07) is 6.46. The van der Waals surface area contributed by atoms with E-state index in [2.05, 4.69) is 30.2 Å². The number of benzene rings is 1. The van der Waals surface area contributed by atoms with Gasteiger partial charge in [0.05, 0.1) is 14.2 Å². The summed E-state index contributed by atoms with van der Waals surface area (Å²) in [5, 5.41) is 0. The number of hydrogen-bond acceptors (Lipinski definition) is 5. The van der Waals surface area contributed by atoms with E-state index in [4.69, 9.17) is 14.2 Å². The number of likely N-dealkylation sites (tertiary alicyclic amines) is 1. The Morgan fingerprint density at radius 2 is 1.96 bits per heavy atom. The van der Waals surface area contributed by atoms with Gasteiger partial charge in [0.2, 0.25) is 0 Å². The molecule has 0 saturated carbocycles. The standard InChI is InChI=1S/C22H31NO4/c1-15(2)12-21(24)27-17-8-9-22(10-11-23(3)20(22)14-17)16-6-7-18(25-4)19(13-16)26-5/h6-7,13-15,20H,8-12H2,1-5H3/t20-,22-/m0/s1. The molecule has 2 aliphatic rings. The molecular weight excluding hydrogens is 342 g/mol. The Hall–Kier alpha value is -2.01. The molecule has 0 radical (unpaired) electrons. The van der Waals surface area contributed by atoms with Crippen molar-refractivity contribution in [2.75, 3.05) is 27.8 Å². The second-order valence-electron chi connectivity index (χ2n) is 8.11. The average molecular weight is 373 g/mol. The number of fused-ring (bicyclic) bond motifs is 1. The van der Waals surface area contributed by atoms with E-state index in [0.29, 0.717) is 12.3 Å². The minimum Gasteiger partial charge on any atom is -0.493 e. The maximum Gasteiger partial charge on any atom is 0.311 e. The molecule has 0 spiro atoms.